The van der Waals surface area contributed by atoms with E-state index in [0.717, 1.165) is 27.7 Å². The molecule has 0 atom stereocenters. The van der Waals surface area contributed by atoms with E-state index in [0.29, 0.717) is 52.3 Å². The Morgan fingerprint density at radius 1 is 0.493 bits per heavy atom. The number of aromatic nitrogens is 6. The van der Waals surface area contributed by atoms with Gasteiger partial charge in [-0.15, -0.1) is 0 Å². The van der Waals surface area contributed by atoms with Crippen molar-refractivity contribution in [3.05, 3.63) is 106 Å². The molecule has 6 aromatic rings. The van der Waals surface area contributed by atoms with E-state index in [1.165, 1.54) is 56.7 Å². The van der Waals surface area contributed by atoms with Crippen molar-refractivity contribution in [2.24, 2.45) is 16.2 Å². The van der Waals surface area contributed by atoms with Crippen molar-refractivity contribution in [2.45, 2.75) is 85.8 Å². The first-order chi connectivity index (χ1) is 34.7. The zero-order valence-electron chi connectivity index (χ0n) is 41.1. The van der Waals surface area contributed by atoms with Crippen LogP contribution in [0.15, 0.2) is 84.9 Å². The molecule has 75 heavy (non-hydrogen) atoms. The minimum atomic E-state index is -4.81. The van der Waals surface area contributed by atoms with Crippen LogP contribution in [0.2, 0.25) is 10.0 Å². The zero-order chi connectivity index (χ0) is 56.1. The number of aromatic hydroxyl groups is 1. The molecule has 2 heterocycles. The Labute approximate surface area is 433 Å². The molecule has 0 amide bonds. The Kier molecular flexibility index (Phi) is 18.0. The number of ketones is 2. The third kappa shape index (κ3) is 14.1. The quantitative estimate of drug-likeness (QED) is 0.0551. The minimum Gasteiger partial charge on any atom is -0.508 e. The second-order valence-corrected chi connectivity index (χ2v) is 19.1. The summed E-state index contributed by atoms with van der Waals surface area (Å²) in [5.74, 6) is -2.80. The number of hydrogen-bond donors (Lipinski definition) is 1. The third-order valence-electron chi connectivity index (χ3n) is 11.9. The number of hydrogen-bond acceptors (Lipinski definition) is 13. The van der Waals surface area contributed by atoms with E-state index in [-0.39, 0.29) is 77.5 Å². The van der Waals surface area contributed by atoms with Gasteiger partial charge in [-0.25, -0.2) is 9.97 Å². The molecule has 0 bridgehead atoms. The smallest absolute Gasteiger partial charge is 0.404 e. The van der Waals surface area contributed by atoms with Gasteiger partial charge in [-0.2, -0.15) is 59.4 Å². The SMILES string of the molecule is COc1nc(-c2ccc(O)cc2)nc(-c2cc(CCC(=O)C(C)(C)C(F)(F)F)ccc2Cl)n1.COc1nc(-c2ccc(OC(=O)C(C)(C)C(F)(F)F)cc2)nc(-c2cc(CCC(=O)C(C)(C)C(F)(F)F)ccc2Cl)n1. The molecule has 0 aliphatic rings. The molecule has 24 heteroatoms. The van der Waals surface area contributed by atoms with Crippen LogP contribution in [0, 0.1) is 16.2 Å². The van der Waals surface area contributed by atoms with E-state index < -0.39 is 52.3 Å². The molecule has 13 nitrogen and oxygen atoms in total. The van der Waals surface area contributed by atoms with Gasteiger partial charge < -0.3 is 19.3 Å². The first-order valence-electron chi connectivity index (χ1n) is 22.3. The van der Waals surface area contributed by atoms with Crippen LogP contribution < -0.4 is 14.2 Å². The average molecular weight is 1100 g/mol. The molecule has 6 rings (SSSR count). The molecule has 4 aromatic carbocycles. The van der Waals surface area contributed by atoms with E-state index in [2.05, 4.69) is 29.9 Å². The van der Waals surface area contributed by atoms with Crippen molar-refractivity contribution in [1.82, 2.24) is 29.9 Å². The number of carbonyl (C=O) groups excluding carboxylic acids is 3. The van der Waals surface area contributed by atoms with Gasteiger partial charge in [0.15, 0.2) is 28.7 Å². The van der Waals surface area contributed by atoms with Crippen LogP contribution in [0.25, 0.3) is 45.6 Å². The van der Waals surface area contributed by atoms with Gasteiger partial charge in [0, 0.05) is 35.1 Å². The predicted molar refractivity (Wildman–Crippen MR) is 258 cm³/mol. The minimum absolute atomic E-state index is 0.00289. The lowest BCUT2D eigenvalue weighted by Gasteiger charge is -2.26. The lowest BCUT2D eigenvalue weighted by molar-refractivity contribution is -0.219. The van der Waals surface area contributed by atoms with Crippen molar-refractivity contribution >= 4 is 40.7 Å². The predicted octanol–water partition coefficient (Wildman–Crippen LogP) is 13.1. The molecule has 0 aliphatic heterocycles. The number of phenolic OH excluding ortho intramolecular Hbond substituents is 1. The molecular formula is C51H47Cl2F9N6O7. The highest BCUT2D eigenvalue weighted by atomic mass is 35.5. The van der Waals surface area contributed by atoms with E-state index in [4.69, 9.17) is 37.4 Å². The molecule has 0 radical (unpaired) electrons. The third-order valence-corrected chi connectivity index (χ3v) is 12.6. The van der Waals surface area contributed by atoms with Crippen LogP contribution in [0.4, 0.5) is 39.5 Å². The first-order valence-corrected chi connectivity index (χ1v) is 23.0. The summed E-state index contributed by atoms with van der Waals surface area (Å²) in [5.41, 5.74) is -4.88. The van der Waals surface area contributed by atoms with Gasteiger partial charge in [0.2, 0.25) is 0 Å². The number of methoxy groups -OCH3 is 2. The summed E-state index contributed by atoms with van der Waals surface area (Å²) in [6, 6.07) is 20.9. The Bertz CT molecular complexity index is 3040. The van der Waals surface area contributed by atoms with Crippen LogP contribution in [0.5, 0.6) is 23.5 Å². The number of phenols is 1. The topological polar surface area (TPSA) is 176 Å². The Morgan fingerprint density at radius 3 is 1.19 bits per heavy atom. The molecule has 0 saturated carbocycles. The summed E-state index contributed by atoms with van der Waals surface area (Å²) in [4.78, 5) is 62.2. The lowest BCUT2D eigenvalue weighted by atomic mass is 9.84. The highest BCUT2D eigenvalue weighted by molar-refractivity contribution is 6.33. The van der Waals surface area contributed by atoms with Crippen molar-refractivity contribution in [3.63, 3.8) is 0 Å². The van der Waals surface area contributed by atoms with Gasteiger partial charge in [0.05, 0.1) is 24.3 Å². The zero-order valence-corrected chi connectivity index (χ0v) is 42.7. The molecule has 2 aromatic heterocycles. The monoisotopic (exact) mass is 1100 g/mol. The summed E-state index contributed by atoms with van der Waals surface area (Å²) < 4.78 is 134. The van der Waals surface area contributed by atoms with Crippen LogP contribution in [0.3, 0.4) is 0 Å². The van der Waals surface area contributed by atoms with Crippen LogP contribution in [0.1, 0.15) is 65.5 Å². The number of alkyl halides is 9. The molecule has 0 aliphatic carbocycles. The number of rotatable bonds is 16. The Balaban J connectivity index is 0.000000285. The number of halogens is 11. The molecule has 0 saturated heterocycles. The van der Waals surface area contributed by atoms with Gasteiger partial charge in [0.1, 0.15) is 33.9 Å². The van der Waals surface area contributed by atoms with Crippen molar-refractivity contribution in [3.8, 4) is 69.1 Å². The van der Waals surface area contributed by atoms with E-state index >= 15 is 0 Å². The fourth-order valence-corrected chi connectivity index (χ4v) is 6.69. The largest absolute Gasteiger partial charge is 0.508 e. The molecule has 0 unspecified atom stereocenters. The van der Waals surface area contributed by atoms with Crippen molar-refractivity contribution < 1.29 is 73.2 Å². The Hall–Kier alpha value is -6.94. The maximum atomic E-state index is 13.2. The highest BCUT2D eigenvalue weighted by Gasteiger charge is 2.55. The van der Waals surface area contributed by atoms with E-state index in [1.807, 2.05) is 0 Å². The molecule has 0 fully saturated rings. The number of aryl methyl sites for hydroxylation is 2. The molecule has 1 N–H and O–H groups in total. The molecular weight excluding hydrogens is 1050 g/mol. The fourth-order valence-electron chi connectivity index (χ4n) is 6.28. The number of nitrogens with zero attached hydrogens (tertiary/aromatic N) is 6. The van der Waals surface area contributed by atoms with E-state index in [1.54, 1.807) is 42.5 Å². The lowest BCUT2D eigenvalue weighted by Crippen LogP contribution is -2.42. The number of ether oxygens (including phenoxy) is 3. The summed E-state index contributed by atoms with van der Waals surface area (Å²) in [5, 5.41) is 10.0. The Morgan fingerprint density at radius 2 is 0.840 bits per heavy atom. The van der Waals surface area contributed by atoms with Crippen molar-refractivity contribution in [1.29, 1.82) is 0 Å². The number of Topliss-reactive ketones (excluding diaryl/α,β-unsaturated/α-hetero) is 2. The summed E-state index contributed by atoms with van der Waals surface area (Å²) >= 11 is 12.7. The summed E-state index contributed by atoms with van der Waals surface area (Å²) in [6.45, 7) is 4.85. The van der Waals surface area contributed by atoms with Crippen molar-refractivity contribution in [2.75, 3.05) is 14.2 Å². The van der Waals surface area contributed by atoms with Crippen LogP contribution in [-0.2, 0) is 27.2 Å². The first kappa shape index (κ1) is 58.9. The highest BCUT2D eigenvalue weighted by Crippen LogP contribution is 2.42. The normalized spacial score (nSPS) is 12.4. The van der Waals surface area contributed by atoms with Gasteiger partial charge in [-0.05, 0) is 138 Å². The van der Waals surface area contributed by atoms with Crippen LogP contribution in [-0.4, -0.2) is 85.3 Å². The number of carbonyl (C=O) groups is 3. The molecule has 0 spiro atoms. The van der Waals surface area contributed by atoms with Gasteiger partial charge in [-0.3, -0.25) is 14.4 Å². The fraction of sp³-hybridized carbons (Fsp3) is 0.353. The molecule has 400 valence electrons. The standard InChI is InChI=1S/C28H26ClF6N3O4.C23H21ClF3N3O3/c1-25(2,27(30,31)32)20(39)13-7-15-6-12-19(29)18(14-15)22-36-21(37-24(38-22)41-5)16-8-10-17(11-9-16)42-23(40)26(3,4)28(33,34)35;1-22(2,23(25,26)27)18(32)11-5-13-4-10-17(24)16(12-13)20-28-19(29-21(30-20)33-3)14-6-8-15(31)9-7-14/h6,8-12,14H,7,13H2,1-5H3;4,6-10,12,31H,5,11H2,1-3H3. The summed E-state index contributed by atoms with van der Waals surface area (Å²) in [6.07, 6.45) is -14.7. The van der Waals surface area contributed by atoms with E-state index in [9.17, 15) is 59.0 Å². The maximum absolute atomic E-state index is 13.2. The number of benzene rings is 4. The number of esters is 1. The maximum Gasteiger partial charge on any atom is 0.404 e. The van der Waals surface area contributed by atoms with Gasteiger partial charge in [-0.1, -0.05) is 35.3 Å². The van der Waals surface area contributed by atoms with Gasteiger partial charge >= 0.3 is 36.5 Å². The second kappa shape index (κ2) is 22.9. The second-order valence-electron chi connectivity index (χ2n) is 18.2. The summed E-state index contributed by atoms with van der Waals surface area (Å²) in [7, 11) is 2.70. The van der Waals surface area contributed by atoms with Gasteiger partial charge in [0.25, 0.3) is 0 Å². The van der Waals surface area contributed by atoms with Crippen LogP contribution >= 0.6 is 23.2 Å². The average Bonchev–Trinajstić information content (AvgIpc) is 3.34.